The Hall–Kier alpha value is -4.75. The van der Waals surface area contributed by atoms with Crippen molar-refractivity contribution in [2.75, 3.05) is 23.3 Å². The summed E-state index contributed by atoms with van der Waals surface area (Å²) in [5.41, 5.74) is -0.487. The van der Waals surface area contributed by atoms with E-state index in [9.17, 15) is 14.4 Å². The number of anilines is 2. The highest BCUT2D eigenvalue weighted by molar-refractivity contribution is 5.94. The van der Waals surface area contributed by atoms with Gasteiger partial charge < -0.3 is 29.6 Å². The molecule has 14 heteroatoms. The SMILES string of the molecule is C=Cc1c(F)ccc(N2CC[C@](NC(=O)OC(C)(C)C)(C(=O)NC3CC3)C2)c1Cn1cnc2c(NC(=O)OC(C)(C)C)ncnc21. The van der Waals surface area contributed by atoms with E-state index in [1.165, 1.54) is 24.8 Å². The first-order valence-corrected chi connectivity index (χ1v) is 15.2. The molecule has 1 atom stereocenters. The maximum atomic E-state index is 15.2. The first-order valence-electron chi connectivity index (χ1n) is 15.2. The lowest BCUT2D eigenvalue weighted by atomic mass is 9.97. The second kappa shape index (κ2) is 12.2. The van der Waals surface area contributed by atoms with Gasteiger partial charge in [0.05, 0.1) is 19.4 Å². The largest absolute Gasteiger partial charge is 0.444 e. The summed E-state index contributed by atoms with van der Waals surface area (Å²) < 4.78 is 27.8. The first-order chi connectivity index (χ1) is 21.6. The van der Waals surface area contributed by atoms with E-state index in [-0.39, 0.29) is 36.4 Å². The molecule has 1 aliphatic carbocycles. The van der Waals surface area contributed by atoms with Crippen LogP contribution in [0.1, 0.15) is 71.9 Å². The van der Waals surface area contributed by atoms with Crippen LogP contribution in [0.15, 0.2) is 31.4 Å². The van der Waals surface area contributed by atoms with Crippen molar-refractivity contribution in [3.63, 3.8) is 0 Å². The summed E-state index contributed by atoms with van der Waals surface area (Å²) in [4.78, 5) is 53.9. The molecule has 246 valence electrons. The van der Waals surface area contributed by atoms with Crippen molar-refractivity contribution in [3.8, 4) is 0 Å². The van der Waals surface area contributed by atoms with E-state index in [1.807, 2.05) is 4.90 Å². The zero-order valence-electron chi connectivity index (χ0n) is 27.1. The molecule has 1 aromatic carbocycles. The van der Waals surface area contributed by atoms with Gasteiger partial charge in [0.2, 0.25) is 5.91 Å². The molecule has 2 fully saturated rings. The smallest absolute Gasteiger partial charge is 0.413 e. The number of ether oxygens (including phenoxy) is 2. The van der Waals surface area contributed by atoms with Crippen LogP contribution in [0.5, 0.6) is 0 Å². The van der Waals surface area contributed by atoms with Gasteiger partial charge in [-0.1, -0.05) is 12.7 Å². The van der Waals surface area contributed by atoms with E-state index in [4.69, 9.17) is 9.47 Å². The standard InChI is InChI=1S/C32H41FN8O5/c1-8-20-21(15-41-18-36-24-25(34-17-35-26(24)41)38-28(43)45-30(2,3)4)23(12-11-22(20)33)40-14-13-32(16-40,27(42)37-19-9-10-19)39-29(44)46-31(5,6)7/h8,11-12,17-19H,1,9-10,13-16H2,2-7H3,(H,37,42)(H,39,44)(H,34,35,38,43)/t32-/m1/s1. The van der Waals surface area contributed by atoms with Gasteiger partial charge in [0.15, 0.2) is 17.0 Å². The molecule has 1 aliphatic heterocycles. The fourth-order valence-electron chi connectivity index (χ4n) is 5.38. The number of carbonyl (C=O) groups excluding carboxylic acids is 3. The number of alkyl carbamates (subject to hydrolysis) is 1. The average Bonchev–Trinajstić information content (AvgIpc) is 3.50. The third-order valence-corrected chi connectivity index (χ3v) is 7.53. The number of halogens is 1. The molecule has 3 heterocycles. The molecule has 13 nitrogen and oxygen atoms in total. The molecule has 3 N–H and O–H groups in total. The molecule has 3 aromatic rings. The lowest BCUT2D eigenvalue weighted by Crippen LogP contribution is -2.61. The number of fused-ring (bicyclic) bond motifs is 1. The quantitative estimate of drug-likeness (QED) is 0.318. The van der Waals surface area contributed by atoms with Gasteiger partial charge in [0.25, 0.3) is 0 Å². The maximum absolute atomic E-state index is 15.2. The summed E-state index contributed by atoms with van der Waals surface area (Å²) in [5.74, 6) is -0.581. The molecule has 3 amide bonds. The fourth-order valence-corrected chi connectivity index (χ4v) is 5.38. The van der Waals surface area contributed by atoms with Crippen LogP contribution >= 0.6 is 0 Å². The number of hydrogen-bond acceptors (Lipinski definition) is 9. The zero-order chi connectivity index (χ0) is 33.4. The van der Waals surface area contributed by atoms with Gasteiger partial charge in [0, 0.05) is 29.4 Å². The minimum atomic E-state index is -1.26. The van der Waals surface area contributed by atoms with Crippen LogP contribution in [0, 0.1) is 5.82 Å². The number of benzene rings is 1. The number of carbonyl (C=O) groups is 3. The Labute approximate surface area is 266 Å². The van der Waals surface area contributed by atoms with Crippen LogP contribution < -0.4 is 20.9 Å². The Morgan fingerprint density at radius 3 is 2.41 bits per heavy atom. The Morgan fingerprint density at radius 1 is 1.07 bits per heavy atom. The van der Waals surface area contributed by atoms with Crippen molar-refractivity contribution in [2.24, 2.45) is 0 Å². The van der Waals surface area contributed by atoms with Gasteiger partial charge in [-0.05, 0) is 72.9 Å². The summed E-state index contributed by atoms with van der Waals surface area (Å²) >= 11 is 0. The average molecular weight is 637 g/mol. The second-order valence-electron chi connectivity index (χ2n) is 13.7. The number of rotatable bonds is 8. The van der Waals surface area contributed by atoms with Gasteiger partial charge >= 0.3 is 12.2 Å². The van der Waals surface area contributed by atoms with Gasteiger partial charge in [-0.3, -0.25) is 10.1 Å². The van der Waals surface area contributed by atoms with Crippen LogP contribution in [0.4, 0.5) is 25.5 Å². The van der Waals surface area contributed by atoms with Crippen LogP contribution in [0.2, 0.25) is 0 Å². The molecule has 2 aliphatic rings. The normalized spacial score (nSPS) is 18.3. The minimum absolute atomic E-state index is 0.0822. The van der Waals surface area contributed by atoms with Crippen molar-refractivity contribution in [1.82, 2.24) is 30.2 Å². The monoisotopic (exact) mass is 636 g/mol. The van der Waals surface area contributed by atoms with Gasteiger partial charge in [0.1, 0.15) is 28.9 Å². The number of hydrogen-bond donors (Lipinski definition) is 3. The Bertz CT molecular complexity index is 1670. The number of amides is 3. The Kier molecular flexibility index (Phi) is 8.67. The van der Waals surface area contributed by atoms with E-state index < -0.39 is 34.7 Å². The van der Waals surface area contributed by atoms with Crippen molar-refractivity contribution in [2.45, 2.75) is 90.1 Å². The third-order valence-electron chi connectivity index (χ3n) is 7.53. The first kappa shape index (κ1) is 32.6. The fraction of sp³-hybridized carbons (Fsp3) is 0.500. The third kappa shape index (κ3) is 7.37. The molecule has 0 bridgehead atoms. The van der Waals surface area contributed by atoms with Gasteiger partial charge in [-0.2, -0.15) is 0 Å². The highest BCUT2D eigenvalue weighted by Crippen LogP contribution is 2.35. The molecule has 2 aromatic heterocycles. The molecule has 46 heavy (non-hydrogen) atoms. The van der Waals surface area contributed by atoms with Crippen molar-refractivity contribution >= 4 is 46.8 Å². The van der Waals surface area contributed by atoms with Crippen molar-refractivity contribution in [1.29, 1.82) is 0 Å². The lowest BCUT2D eigenvalue weighted by molar-refractivity contribution is -0.127. The molecule has 0 spiro atoms. The maximum Gasteiger partial charge on any atom is 0.413 e. The van der Waals surface area contributed by atoms with E-state index >= 15 is 4.39 Å². The summed E-state index contributed by atoms with van der Waals surface area (Å²) in [7, 11) is 0. The molecular formula is C32H41FN8O5. The van der Waals surface area contributed by atoms with Crippen molar-refractivity contribution in [3.05, 3.63) is 48.3 Å². The zero-order valence-corrected chi connectivity index (χ0v) is 27.1. The van der Waals surface area contributed by atoms with E-state index in [0.29, 0.717) is 35.4 Å². The minimum Gasteiger partial charge on any atom is -0.444 e. The molecule has 0 radical (unpaired) electrons. The van der Waals surface area contributed by atoms with Gasteiger partial charge in [-0.25, -0.2) is 28.9 Å². The van der Waals surface area contributed by atoms with Crippen LogP contribution in [-0.2, 0) is 20.8 Å². The van der Waals surface area contributed by atoms with E-state index in [2.05, 4.69) is 37.5 Å². The molecule has 1 saturated carbocycles. The molecule has 5 rings (SSSR count). The van der Waals surface area contributed by atoms with Gasteiger partial charge in [-0.15, -0.1) is 0 Å². The van der Waals surface area contributed by atoms with Crippen LogP contribution in [0.3, 0.4) is 0 Å². The Balaban J connectivity index is 1.46. The highest BCUT2D eigenvalue weighted by Gasteiger charge is 2.48. The van der Waals surface area contributed by atoms with Crippen molar-refractivity contribution < 1.29 is 28.2 Å². The molecular weight excluding hydrogens is 595 g/mol. The van der Waals surface area contributed by atoms with E-state index in [0.717, 1.165) is 12.8 Å². The molecule has 1 saturated heterocycles. The van der Waals surface area contributed by atoms with Crippen LogP contribution in [0.25, 0.3) is 17.2 Å². The van der Waals surface area contributed by atoms with Crippen LogP contribution in [-0.4, -0.2) is 73.5 Å². The summed E-state index contributed by atoms with van der Waals surface area (Å²) in [5, 5.41) is 8.51. The highest BCUT2D eigenvalue weighted by atomic mass is 19.1. The number of aromatic nitrogens is 4. The lowest BCUT2D eigenvalue weighted by Gasteiger charge is -2.32. The summed E-state index contributed by atoms with van der Waals surface area (Å²) in [6.07, 6.45) is 4.98. The number of nitrogens with zero attached hydrogens (tertiary/aromatic N) is 5. The summed E-state index contributed by atoms with van der Waals surface area (Å²) in [6.45, 7) is 15.0. The summed E-state index contributed by atoms with van der Waals surface area (Å²) in [6, 6.07) is 3.10. The van der Waals surface area contributed by atoms with E-state index in [1.54, 1.807) is 52.2 Å². The predicted octanol–water partition coefficient (Wildman–Crippen LogP) is 4.76. The second-order valence-corrected chi connectivity index (χ2v) is 13.7. The predicted molar refractivity (Wildman–Crippen MR) is 171 cm³/mol. The topological polar surface area (TPSA) is 153 Å². The molecule has 0 unspecified atom stereocenters. The Morgan fingerprint density at radius 2 is 1.76 bits per heavy atom. The number of nitrogens with one attached hydrogen (secondary N) is 3. The number of imidazole rings is 1.